The van der Waals surface area contributed by atoms with Crippen LogP contribution in [0, 0.1) is 0 Å². The summed E-state index contributed by atoms with van der Waals surface area (Å²) in [5.74, 6) is -0.904. The van der Waals surface area contributed by atoms with Crippen LogP contribution in [0.3, 0.4) is 0 Å². The van der Waals surface area contributed by atoms with Crippen LogP contribution in [-0.4, -0.2) is 11.1 Å². The Bertz CT molecular complexity index is 564. The van der Waals surface area contributed by atoms with Crippen LogP contribution in [0.25, 0.3) is 0 Å². The minimum atomic E-state index is -0.489. The summed E-state index contributed by atoms with van der Waals surface area (Å²) < 4.78 is 0. The van der Waals surface area contributed by atoms with E-state index in [-0.39, 0.29) is 0 Å². The third-order valence-electron chi connectivity index (χ3n) is 3.64. The lowest BCUT2D eigenvalue weighted by atomic mass is 9.90. The summed E-state index contributed by atoms with van der Waals surface area (Å²) >= 11 is 0. The molecular weight excluding hydrogens is 262 g/mol. The van der Waals surface area contributed by atoms with E-state index in [1.807, 2.05) is 42.5 Å². The molecule has 2 aromatic carbocycles. The fourth-order valence-corrected chi connectivity index (χ4v) is 2.46. The molecule has 1 unspecified atom stereocenters. The molecule has 0 aliphatic rings. The molecule has 3 nitrogen and oxygen atoms in total. The molecule has 0 aliphatic heterocycles. The van der Waals surface area contributed by atoms with Gasteiger partial charge >= 0.3 is 0 Å². The van der Waals surface area contributed by atoms with Gasteiger partial charge in [-0.05, 0) is 29.5 Å². The molecule has 0 heterocycles. The Morgan fingerprint density at radius 3 is 2.24 bits per heavy atom. The van der Waals surface area contributed by atoms with Gasteiger partial charge in [-0.1, -0.05) is 67.9 Å². The van der Waals surface area contributed by atoms with Crippen LogP contribution in [0.15, 0.2) is 54.6 Å². The first kappa shape index (κ1) is 15.3. The van der Waals surface area contributed by atoms with Crippen molar-refractivity contribution in [3.63, 3.8) is 0 Å². The molecule has 2 N–H and O–H groups in total. The number of carbonyl (C=O) groups excluding carboxylic acids is 1. The van der Waals surface area contributed by atoms with Crippen LogP contribution in [0.5, 0.6) is 0 Å². The first-order valence-corrected chi connectivity index (χ1v) is 7.34. The van der Waals surface area contributed by atoms with E-state index in [1.54, 1.807) is 5.48 Å². The summed E-state index contributed by atoms with van der Waals surface area (Å²) in [4.78, 5) is 12.0. The maximum atomic E-state index is 12.0. The smallest absolute Gasteiger partial charge is 0.255 e. The predicted octanol–water partition coefficient (Wildman–Crippen LogP) is 3.67. The van der Waals surface area contributed by atoms with Gasteiger partial charge in [0.25, 0.3) is 5.91 Å². The van der Waals surface area contributed by atoms with Crippen LogP contribution in [0.2, 0.25) is 0 Å². The normalized spacial score (nSPS) is 11.9. The van der Waals surface area contributed by atoms with Crippen molar-refractivity contribution in [2.45, 2.75) is 32.1 Å². The second kappa shape index (κ2) is 7.60. The van der Waals surface area contributed by atoms with Gasteiger partial charge in [0.15, 0.2) is 0 Å². The lowest BCUT2D eigenvalue weighted by Gasteiger charge is -2.16. The highest BCUT2D eigenvalue weighted by atomic mass is 16.5. The second-order valence-electron chi connectivity index (χ2n) is 5.16. The van der Waals surface area contributed by atoms with E-state index in [1.165, 1.54) is 18.4 Å². The molecule has 0 radical (unpaired) electrons. The highest BCUT2D eigenvalue weighted by molar-refractivity contribution is 5.86. The molecule has 110 valence electrons. The van der Waals surface area contributed by atoms with Gasteiger partial charge in [0.1, 0.15) is 0 Å². The average molecular weight is 283 g/mol. The summed E-state index contributed by atoms with van der Waals surface area (Å²) in [6.07, 6.45) is 3.39. The number of hydrogen-bond acceptors (Lipinski definition) is 2. The molecule has 0 spiro atoms. The van der Waals surface area contributed by atoms with E-state index in [0.29, 0.717) is 0 Å². The number of amides is 1. The zero-order valence-corrected chi connectivity index (χ0v) is 12.3. The molecule has 2 rings (SSSR count). The number of rotatable bonds is 6. The molecule has 0 aliphatic carbocycles. The third kappa shape index (κ3) is 3.92. The standard InChI is InChI=1S/C18H21NO2/c1-2-3-7-14-10-12-16(13-11-14)17(18(20)19-21)15-8-5-4-6-9-15/h4-6,8-13,17,21H,2-3,7H2,1H3,(H,19,20). The van der Waals surface area contributed by atoms with Gasteiger partial charge in [0.05, 0.1) is 5.92 Å². The van der Waals surface area contributed by atoms with Crippen molar-refractivity contribution in [1.82, 2.24) is 5.48 Å². The maximum Gasteiger partial charge on any atom is 0.255 e. The lowest BCUT2D eigenvalue weighted by Crippen LogP contribution is -2.27. The summed E-state index contributed by atoms with van der Waals surface area (Å²) in [6.45, 7) is 2.17. The van der Waals surface area contributed by atoms with Crippen LogP contribution in [-0.2, 0) is 11.2 Å². The van der Waals surface area contributed by atoms with Crippen molar-refractivity contribution in [3.8, 4) is 0 Å². The van der Waals surface area contributed by atoms with Gasteiger partial charge in [0.2, 0.25) is 0 Å². The monoisotopic (exact) mass is 283 g/mol. The number of hydrogen-bond donors (Lipinski definition) is 2. The summed E-state index contributed by atoms with van der Waals surface area (Å²) in [5.41, 5.74) is 4.80. The van der Waals surface area contributed by atoms with Crippen LogP contribution in [0.1, 0.15) is 42.4 Å². The van der Waals surface area contributed by atoms with Crippen LogP contribution in [0.4, 0.5) is 0 Å². The van der Waals surface area contributed by atoms with Gasteiger partial charge < -0.3 is 0 Å². The Hall–Kier alpha value is -2.13. The summed E-state index contributed by atoms with van der Waals surface area (Å²) in [7, 11) is 0. The number of hydroxylamine groups is 1. The van der Waals surface area contributed by atoms with E-state index >= 15 is 0 Å². The van der Waals surface area contributed by atoms with Crippen molar-refractivity contribution in [2.75, 3.05) is 0 Å². The molecule has 2 aromatic rings. The number of carbonyl (C=O) groups is 1. The first-order valence-electron chi connectivity index (χ1n) is 7.34. The molecule has 0 bridgehead atoms. The van der Waals surface area contributed by atoms with Crippen LogP contribution < -0.4 is 5.48 Å². The molecule has 3 heteroatoms. The molecule has 1 amide bonds. The molecule has 0 saturated carbocycles. The zero-order chi connectivity index (χ0) is 15.1. The highest BCUT2D eigenvalue weighted by Crippen LogP contribution is 2.25. The van der Waals surface area contributed by atoms with E-state index in [4.69, 9.17) is 5.21 Å². The van der Waals surface area contributed by atoms with E-state index in [9.17, 15) is 4.79 Å². The van der Waals surface area contributed by atoms with Crippen molar-refractivity contribution in [2.24, 2.45) is 0 Å². The minimum absolute atomic E-state index is 0.414. The van der Waals surface area contributed by atoms with E-state index in [0.717, 1.165) is 17.5 Å². The third-order valence-corrected chi connectivity index (χ3v) is 3.64. The largest absolute Gasteiger partial charge is 0.289 e. The van der Waals surface area contributed by atoms with Crippen LogP contribution >= 0.6 is 0 Å². The average Bonchev–Trinajstić information content (AvgIpc) is 2.55. The second-order valence-corrected chi connectivity index (χ2v) is 5.16. The molecular formula is C18H21NO2. The highest BCUT2D eigenvalue weighted by Gasteiger charge is 2.22. The number of benzene rings is 2. The Morgan fingerprint density at radius 2 is 1.67 bits per heavy atom. The van der Waals surface area contributed by atoms with Crippen molar-refractivity contribution < 1.29 is 10.0 Å². The number of aryl methyl sites for hydroxylation is 1. The first-order chi connectivity index (χ1) is 10.3. The van der Waals surface area contributed by atoms with Gasteiger partial charge in [0, 0.05) is 0 Å². The SMILES string of the molecule is CCCCc1ccc(C(C(=O)NO)c2ccccc2)cc1. The summed E-state index contributed by atoms with van der Waals surface area (Å²) in [6, 6.07) is 17.5. The Labute approximate surface area is 125 Å². The molecule has 0 saturated heterocycles. The number of nitrogens with one attached hydrogen (secondary N) is 1. The molecule has 21 heavy (non-hydrogen) atoms. The number of unbranched alkanes of at least 4 members (excludes halogenated alkanes) is 1. The Kier molecular flexibility index (Phi) is 5.52. The summed E-state index contributed by atoms with van der Waals surface area (Å²) in [5, 5.41) is 9.00. The fourth-order valence-electron chi connectivity index (χ4n) is 2.46. The van der Waals surface area contributed by atoms with Crippen molar-refractivity contribution in [1.29, 1.82) is 0 Å². The van der Waals surface area contributed by atoms with E-state index in [2.05, 4.69) is 19.1 Å². The van der Waals surface area contributed by atoms with Gasteiger partial charge in [-0.25, -0.2) is 5.48 Å². The topological polar surface area (TPSA) is 49.3 Å². The van der Waals surface area contributed by atoms with Gasteiger partial charge in [-0.2, -0.15) is 0 Å². The Morgan fingerprint density at radius 1 is 1.05 bits per heavy atom. The van der Waals surface area contributed by atoms with Gasteiger partial charge in [-0.3, -0.25) is 10.0 Å². The fraction of sp³-hybridized carbons (Fsp3) is 0.278. The maximum absolute atomic E-state index is 12.0. The van der Waals surface area contributed by atoms with Crippen molar-refractivity contribution >= 4 is 5.91 Å². The predicted molar refractivity (Wildman–Crippen MR) is 83.3 cm³/mol. The van der Waals surface area contributed by atoms with Crippen molar-refractivity contribution in [3.05, 3.63) is 71.3 Å². The molecule has 1 atom stereocenters. The molecule has 0 aromatic heterocycles. The zero-order valence-electron chi connectivity index (χ0n) is 12.3. The molecule has 0 fully saturated rings. The lowest BCUT2D eigenvalue weighted by molar-refractivity contribution is -0.129. The minimum Gasteiger partial charge on any atom is -0.289 e. The van der Waals surface area contributed by atoms with Gasteiger partial charge in [-0.15, -0.1) is 0 Å². The Balaban J connectivity index is 2.27. The van der Waals surface area contributed by atoms with E-state index < -0.39 is 11.8 Å². The quantitative estimate of drug-likeness (QED) is 0.628.